The zero-order chi connectivity index (χ0) is 20.0. The maximum absolute atomic E-state index is 12.4. The Labute approximate surface area is 168 Å². The fourth-order valence-electron chi connectivity index (χ4n) is 2.34. The molecule has 3 aromatic rings. The van der Waals surface area contributed by atoms with Gasteiger partial charge in [-0.3, -0.25) is 9.52 Å². The number of thioether (sulfide) groups is 1. The highest BCUT2D eigenvalue weighted by Crippen LogP contribution is 2.26. The van der Waals surface area contributed by atoms with Gasteiger partial charge in [0.15, 0.2) is 0 Å². The van der Waals surface area contributed by atoms with Crippen LogP contribution in [-0.2, 0) is 14.8 Å². The second-order valence-corrected chi connectivity index (χ2v) is 9.00. The van der Waals surface area contributed by atoms with Gasteiger partial charge < -0.3 is 5.32 Å². The van der Waals surface area contributed by atoms with Crippen LogP contribution in [0.25, 0.3) is 0 Å². The Morgan fingerprint density at radius 2 is 1.64 bits per heavy atom. The van der Waals surface area contributed by atoms with Gasteiger partial charge in [-0.05, 0) is 55.5 Å². The molecule has 3 rings (SSSR count). The Morgan fingerprint density at radius 3 is 2.29 bits per heavy atom. The van der Waals surface area contributed by atoms with E-state index in [1.54, 1.807) is 73.8 Å². The van der Waals surface area contributed by atoms with Crippen LogP contribution < -0.4 is 10.0 Å². The highest BCUT2D eigenvalue weighted by atomic mass is 32.2. The zero-order valence-electron chi connectivity index (χ0n) is 15.1. The summed E-state index contributed by atoms with van der Waals surface area (Å²) in [5.74, 6) is 0.350. The molecule has 0 aliphatic carbocycles. The summed E-state index contributed by atoms with van der Waals surface area (Å²) in [5, 5.41) is 2.42. The Hall–Kier alpha value is -2.84. The fourth-order valence-corrected chi connectivity index (χ4v) is 4.28. The van der Waals surface area contributed by atoms with E-state index in [0.29, 0.717) is 11.5 Å². The van der Waals surface area contributed by atoms with Gasteiger partial charge in [0.05, 0.1) is 10.1 Å². The molecule has 0 aliphatic heterocycles. The van der Waals surface area contributed by atoms with Crippen LogP contribution in [0.15, 0.2) is 88.8 Å². The van der Waals surface area contributed by atoms with E-state index < -0.39 is 10.0 Å². The number of pyridine rings is 1. The summed E-state index contributed by atoms with van der Waals surface area (Å²) in [7, 11) is -3.63. The van der Waals surface area contributed by atoms with E-state index in [1.165, 1.54) is 23.9 Å². The van der Waals surface area contributed by atoms with Crippen molar-refractivity contribution in [3.05, 3.63) is 79.0 Å². The van der Waals surface area contributed by atoms with Crippen LogP contribution in [0.4, 0.5) is 11.5 Å². The van der Waals surface area contributed by atoms with Crippen molar-refractivity contribution in [2.45, 2.75) is 22.0 Å². The molecule has 0 fully saturated rings. The van der Waals surface area contributed by atoms with E-state index >= 15 is 0 Å². The lowest BCUT2D eigenvalue weighted by atomic mass is 10.3. The monoisotopic (exact) mass is 413 g/mol. The quantitative estimate of drug-likeness (QED) is 0.572. The van der Waals surface area contributed by atoms with Crippen LogP contribution in [0, 0.1) is 0 Å². The first kappa shape index (κ1) is 19.9. The number of carbonyl (C=O) groups is 1. The van der Waals surface area contributed by atoms with E-state index in [9.17, 15) is 13.2 Å². The normalized spacial score (nSPS) is 12.2. The molecule has 144 valence electrons. The maximum Gasteiger partial charge on any atom is 0.261 e. The van der Waals surface area contributed by atoms with E-state index in [0.717, 1.165) is 4.90 Å². The van der Waals surface area contributed by atoms with E-state index in [2.05, 4.69) is 15.0 Å². The SMILES string of the molecule is CC(Sc1ccc(NS(=O)(=O)c2ccccc2)cc1)C(=O)Nc1ccccn1. The van der Waals surface area contributed by atoms with Gasteiger partial charge in [0.1, 0.15) is 5.82 Å². The number of carbonyl (C=O) groups excluding carboxylic acids is 1. The zero-order valence-corrected chi connectivity index (χ0v) is 16.7. The Kier molecular flexibility index (Phi) is 6.33. The molecule has 0 saturated carbocycles. The first-order valence-corrected chi connectivity index (χ1v) is 10.9. The molecule has 1 unspecified atom stereocenters. The van der Waals surface area contributed by atoms with E-state index in [1.807, 2.05) is 0 Å². The molecule has 1 heterocycles. The number of sulfonamides is 1. The van der Waals surface area contributed by atoms with Crippen molar-refractivity contribution in [3.8, 4) is 0 Å². The molecule has 0 spiro atoms. The molecule has 0 aliphatic rings. The predicted octanol–water partition coefficient (Wildman–Crippen LogP) is 4.00. The van der Waals surface area contributed by atoms with Crippen molar-refractivity contribution in [2.24, 2.45) is 0 Å². The fraction of sp³-hybridized carbons (Fsp3) is 0.100. The Morgan fingerprint density at radius 1 is 0.964 bits per heavy atom. The molecular formula is C20H19N3O3S2. The third-order valence-corrected chi connectivity index (χ3v) is 6.27. The number of nitrogens with one attached hydrogen (secondary N) is 2. The van der Waals surface area contributed by atoms with Crippen LogP contribution in [0.3, 0.4) is 0 Å². The van der Waals surface area contributed by atoms with Gasteiger partial charge in [0.25, 0.3) is 10.0 Å². The standard InChI is InChI=1S/C20H19N3O3S2/c1-15(20(24)22-19-9-5-6-14-21-19)27-17-12-10-16(11-13-17)23-28(25,26)18-7-3-2-4-8-18/h2-15,23H,1H3,(H,21,22,24). The molecule has 8 heteroatoms. The average molecular weight is 414 g/mol. The van der Waals surface area contributed by atoms with Crippen LogP contribution in [-0.4, -0.2) is 24.6 Å². The lowest BCUT2D eigenvalue weighted by molar-refractivity contribution is -0.115. The first-order chi connectivity index (χ1) is 13.4. The molecule has 0 radical (unpaired) electrons. The molecule has 1 aromatic heterocycles. The van der Waals surface area contributed by atoms with E-state index in [4.69, 9.17) is 0 Å². The van der Waals surface area contributed by atoms with Gasteiger partial charge in [-0.25, -0.2) is 13.4 Å². The average Bonchev–Trinajstić information content (AvgIpc) is 2.70. The molecule has 1 atom stereocenters. The minimum atomic E-state index is -3.63. The third-order valence-electron chi connectivity index (χ3n) is 3.76. The lowest BCUT2D eigenvalue weighted by Crippen LogP contribution is -2.22. The summed E-state index contributed by atoms with van der Waals surface area (Å²) < 4.78 is 27.2. The molecular weight excluding hydrogens is 394 g/mol. The summed E-state index contributed by atoms with van der Waals surface area (Å²) in [6, 6.07) is 20.4. The summed E-state index contributed by atoms with van der Waals surface area (Å²) in [6.45, 7) is 1.80. The van der Waals surface area contributed by atoms with Crippen LogP contribution in [0.5, 0.6) is 0 Å². The molecule has 2 aromatic carbocycles. The largest absolute Gasteiger partial charge is 0.310 e. The minimum Gasteiger partial charge on any atom is -0.310 e. The highest BCUT2D eigenvalue weighted by Gasteiger charge is 2.16. The summed E-state index contributed by atoms with van der Waals surface area (Å²) >= 11 is 1.38. The number of benzene rings is 2. The second kappa shape index (κ2) is 8.90. The molecule has 0 bridgehead atoms. The Balaban J connectivity index is 1.60. The van der Waals surface area contributed by atoms with Crippen molar-refractivity contribution < 1.29 is 13.2 Å². The second-order valence-electron chi connectivity index (χ2n) is 5.91. The molecule has 6 nitrogen and oxygen atoms in total. The van der Waals surface area contributed by atoms with Gasteiger partial charge in [-0.2, -0.15) is 0 Å². The minimum absolute atomic E-state index is 0.155. The van der Waals surface area contributed by atoms with Gasteiger partial charge in [0.2, 0.25) is 5.91 Å². The van der Waals surface area contributed by atoms with Crippen molar-refractivity contribution >= 4 is 39.2 Å². The lowest BCUT2D eigenvalue weighted by Gasteiger charge is -2.12. The molecule has 0 saturated heterocycles. The number of rotatable bonds is 7. The van der Waals surface area contributed by atoms with Gasteiger partial charge in [0, 0.05) is 16.8 Å². The van der Waals surface area contributed by atoms with Crippen molar-refractivity contribution in [1.29, 1.82) is 0 Å². The van der Waals surface area contributed by atoms with Gasteiger partial charge >= 0.3 is 0 Å². The number of aromatic nitrogens is 1. The molecule has 2 N–H and O–H groups in total. The number of nitrogens with zero attached hydrogens (tertiary/aromatic N) is 1. The predicted molar refractivity (Wildman–Crippen MR) is 112 cm³/mol. The smallest absolute Gasteiger partial charge is 0.261 e. The van der Waals surface area contributed by atoms with Crippen LogP contribution in [0.2, 0.25) is 0 Å². The van der Waals surface area contributed by atoms with Gasteiger partial charge in [-0.1, -0.05) is 24.3 Å². The first-order valence-electron chi connectivity index (χ1n) is 8.50. The van der Waals surface area contributed by atoms with Crippen LogP contribution in [0.1, 0.15) is 6.92 Å². The van der Waals surface area contributed by atoms with Crippen molar-refractivity contribution in [2.75, 3.05) is 10.0 Å². The summed E-state index contributed by atoms with van der Waals surface area (Å²) in [4.78, 5) is 17.4. The van der Waals surface area contributed by atoms with E-state index in [-0.39, 0.29) is 16.1 Å². The number of anilines is 2. The van der Waals surface area contributed by atoms with Crippen LogP contribution >= 0.6 is 11.8 Å². The number of hydrogen-bond acceptors (Lipinski definition) is 5. The summed E-state index contributed by atoms with van der Waals surface area (Å²) in [5.41, 5.74) is 0.457. The Bertz CT molecular complexity index is 1030. The topological polar surface area (TPSA) is 88.2 Å². The van der Waals surface area contributed by atoms with Gasteiger partial charge in [-0.15, -0.1) is 11.8 Å². The highest BCUT2D eigenvalue weighted by molar-refractivity contribution is 8.00. The number of hydrogen-bond donors (Lipinski definition) is 2. The summed E-state index contributed by atoms with van der Waals surface area (Å²) in [6.07, 6.45) is 1.61. The maximum atomic E-state index is 12.4. The third kappa shape index (κ3) is 5.34. The van der Waals surface area contributed by atoms with Crippen molar-refractivity contribution in [3.63, 3.8) is 0 Å². The number of amides is 1. The molecule has 1 amide bonds. The van der Waals surface area contributed by atoms with Crippen molar-refractivity contribution in [1.82, 2.24) is 4.98 Å². The molecule has 28 heavy (non-hydrogen) atoms.